The van der Waals surface area contributed by atoms with E-state index < -0.39 is 6.04 Å². The van der Waals surface area contributed by atoms with Crippen LogP contribution in [0.1, 0.15) is 11.1 Å². The number of rotatable bonds is 6. The fraction of sp³-hybridized carbons (Fsp3) is 0.267. The van der Waals surface area contributed by atoms with Crippen molar-refractivity contribution in [2.24, 2.45) is 0 Å². The number of carbonyl (C=O) groups excluding carboxylic acids is 1. The second-order valence-electron chi connectivity index (χ2n) is 4.04. The molecule has 1 atom stereocenters. The van der Waals surface area contributed by atoms with E-state index in [1.165, 1.54) is 12.7 Å². The molecular weight excluding hydrogens is 226 g/mol. The van der Waals surface area contributed by atoms with E-state index >= 15 is 0 Å². The Morgan fingerprint density at radius 2 is 1.89 bits per heavy atom. The van der Waals surface area contributed by atoms with Crippen LogP contribution < -0.4 is 0 Å². The molecule has 0 fully saturated rings. The van der Waals surface area contributed by atoms with Crippen LogP contribution >= 0.6 is 0 Å². The molecular formula is C15H19NO2. The lowest BCUT2D eigenvalue weighted by molar-refractivity contribution is -0.145. The highest BCUT2D eigenvalue weighted by molar-refractivity contribution is 5.76. The first-order valence-electron chi connectivity index (χ1n) is 5.78. The largest absolute Gasteiger partial charge is 0.467 e. The number of aryl methyl sites for hydroxylation is 1. The lowest BCUT2D eigenvalue weighted by atomic mass is 10.0. The fourth-order valence-electron chi connectivity index (χ4n) is 1.72. The van der Waals surface area contributed by atoms with Crippen molar-refractivity contribution in [3.05, 3.63) is 61.0 Å². The number of benzene rings is 1. The number of nitrogens with zero attached hydrogens (tertiary/aromatic N) is 1. The molecule has 0 N–H and O–H groups in total. The summed E-state index contributed by atoms with van der Waals surface area (Å²) < 4.78 is 4.82. The van der Waals surface area contributed by atoms with E-state index in [0.29, 0.717) is 6.42 Å². The van der Waals surface area contributed by atoms with Crippen molar-refractivity contribution in [1.29, 1.82) is 0 Å². The Balaban J connectivity index is 2.90. The summed E-state index contributed by atoms with van der Waals surface area (Å²) in [5.74, 6) is -0.296. The van der Waals surface area contributed by atoms with E-state index in [0.717, 1.165) is 5.56 Å². The van der Waals surface area contributed by atoms with Gasteiger partial charge in [-0.25, -0.2) is 4.79 Å². The summed E-state index contributed by atoms with van der Waals surface area (Å²) in [6, 6.07) is 7.64. The molecule has 0 heterocycles. The van der Waals surface area contributed by atoms with Crippen LogP contribution in [0.15, 0.2) is 49.8 Å². The highest BCUT2D eigenvalue weighted by Gasteiger charge is 2.23. The molecule has 0 aliphatic carbocycles. The average Bonchev–Trinajstić information content (AvgIpc) is 2.40. The quantitative estimate of drug-likeness (QED) is 0.722. The van der Waals surface area contributed by atoms with E-state index in [1.807, 2.05) is 31.2 Å². The van der Waals surface area contributed by atoms with Crippen LogP contribution in [0.25, 0.3) is 0 Å². The standard InChI is InChI=1S/C15H19NO2/c1-5-16(6-2)14(15(17)18-4)11-13-9-7-12(3)8-10-13/h5-10,14H,1-2,11H2,3-4H3. The van der Waals surface area contributed by atoms with Gasteiger partial charge in [0.15, 0.2) is 0 Å². The Labute approximate surface area is 108 Å². The van der Waals surface area contributed by atoms with Crippen molar-refractivity contribution in [2.75, 3.05) is 7.11 Å². The Kier molecular flexibility index (Phi) is 5.18. The zero-order valence-corrected chi connectivity index (χ0v) is 10.9. The first kappa shape index (κ1) is 14.0. The smallest absolute Gasteiger partial charge is 0.329 e. The highest BCUT2D eigenvalue weighted by Crippen LogP contribution is 2.12. The Hall–Kier alpha value is -2.03. The van der Waals surface area contributed by atoms with Crippen molar-refractivity contribution >= 4 is 5.97 Å². The highest BCUT2D eigenvalue weighted by atomic mass is 16.5. The summed E-state index contributed by atoms with van der Waals surface area (Å²) in [6.07, 6.45) is 3.70. The molecule has 0 bridgehead atoms. The fourth-order valence-corrected chi connectivity index (χ4v) is 1.72. The zero-order valence-electron chi connectivity index (χ0n) is 10.9. The van der Waals surface area contributed by atoms with E-state index in [1.54, 1.807) is 17.3 Å². The number of esters is 1. The molecule has 1 rings (SSSR count). The third-order valence-electron chi connectivity index (χ3n) is 2.80. The molecule has 1 aromatic carbocycles. The number of ether oxygens (including phenoxy) is 1. The SMILES string of the molecule is C=CN(C=C)C(Cc1ccc(C)cc1)C(=O)OC. The molecule has 0 radical (unpaired) electrons. The third kappa shape index (κ3) is 3.48. The first-order chi connectivity index (χ1) is 8.62. The second kappa shape index (κ2) is 6.64. The predicted molar refractivity (Wildman–Crippen MR) is 72.9 cm³/mol. The van der Waals surface area contributed by atoms with E-state index in [4.69, 9.17) is 4.74 Å². The van der Waals surface area contributed by atoms with Gasteiger partial charge in [-0.3, -0.25) is 0 Å². The topological polar surface area (TPSA) is 29.5 Å². The average molecular weight is 245 g/mol. The Morgan fingerprint density at radius 3 is 2.33 bits per heavy atom. The van der Waals surface area contributed by atoms with E-state index in [9.17, 15) is 4.79 Å². The molecule has 0 amide bonds. The molecule has 18 heavy (non-hydrogen) atoms. The van der Waals surface area contributed by atoms with E-state index in [2.05, 4.69) is 13.2 Å². The molecule has 3 nitrogen and oxygen atoms in total. The summed E-state index contributed by atoms with van der Waals surface area (Å²) >= 11 is 0. The van der Waals surface area contributed by atoms with Crippen LogP contribution in [0, 0.1) is 6.92 Å². The van der Waals surface area contributed by atoms with Crippen LogP contribution in [0.2, 0.25) is 0 Å². The number of carbonyl (C=O) groups is 1. The lowest BCUT2D eigenvalue weighted by Gasteiger charge is -2.24. The summed E-state index contributed by atoms with van der Waals surface area (Å²) in [5, 5.41) is 0. The molecule has 0 aromatic heterocycles. The van der Waals surface area contributed by atoms with Crippen LogP contribution in [0.3, 0.4) is 0 Å². The maximum atomic E-state index is 11.8. The van der Waals surface area contributed by atoms with Gasteiger partial charge in [0.1, 0.15) is 6.04 Å². The third-order valence-corrected chi connectivity index (χ3v) is 2.80. The van der Waals surface area contributed by atoms with Gasteiger partial charge < -0.3 is 9.64 Å². The normalized spacial score (nSPS) is 11.4. The Bertz CT molecular complexity index is 415. The van der Waals surface area contributed by atoms with Gasteiger partial charge in [0.05, 0.1) is 7.11 Å². The molecule has 1 aromatic rings. The van der Waals surface area contributed by atoms with Gasteiger partial charge in [-0.15, -0.1) is 0 Å². The van der Waals surface area contributed by atoms with Crippen molar-refractivity contribution in [1.82, 2.24) is 4.90 Å². The zero-order chi connectivity index (χ0) is 13.5. The summed E-state index contributed by atoms with van der Waals surface area (Å²) in [4.78, 5) is 13.4. The monoisotopic (exact) mass is 245 g/mol. The van der Waals surface area contributed by atoms with Crippen LogP contribution in [0.5, 0.6) is 0 Å². The summed E-state index contributed by atoms with van der Waals surface area (Å²) in [7, 11) is 1.38. The van der Waals surface area contributed by atoms with Crippen molar-refractivity contribution in [3.63, 3.8) is 0 Å². The van der Waals surface area contributed by atoms with Gasteiger partial charge in [-0.2, -0.15) is 0 Å². The van der Waals surface area contributed by atoms with Crippen LogP contribution in [-0.4, -0.2) is 24.0 Å². The van der Waals surface area contributed by atoms with Gasteiger partial charge >= 0.3 is 5.97 Å². The molecule has 0 aliphatic rings. The van der Waals surface area contributed by atoms with E-state index in [-0.39, 0.29) is 5.97 Å². The number of hydrogen-bond acceptors (Lipinski definition) is 3. The minimum Gasteiger partial charge on any atom is -0.467 e. The second-order valence-corrected chi connectivity index (χ2v) is 4.04. The van der Waals surface area contributed by atoms with Gasteiger partial charge in [0.2, 0.25) is 0 Å². The minimum atomic E-state index is -0.423. The molecule has 0 saturated carbocycles. The maximum absolute atomic E-state index is 11.8. The summed E-state index contributed by atoms with van der Waals surface area (Å²) in [5.41, 5.74) is 2.27. The number of hydrogen-bond donors (Lipinski definition) is 0. The summed E-state index contributed by atoms with van der Waals surface area (Å²) in [6.45, 7) is 9.37. The lowest BCUT2D eigenvalue weighted by Crippen LogP contribution is -2.37. The van der Waals surface area contributed by atoms with Gasteiger partial charge in [0, 0.05) is 6.42 Å². The molecule has 0 aliphatic heterocycles. The van der Waals surface area contributed by atoms with Crippen molar-refractivity contribution < 1.29 is 9.53 Å². The first-order valence-corrected chi connectivity index (χ1v) is 5.78. The molecule has 0 spiro atoms. The molecule has 1 unspecified atom stereocenters. The predicted octanol–water partition coefficient (Wildman–Crippen LogP) is 2.67. The number of methoxy groups -OCH3 is 1. The maximum Gasteiger partial charge on any atom is 0.329 e. The van der Waals surface area contributed by atoms with Gasteiger partial charge in [-0.1, -0.05) is 43.0 Å². The van der Waals surface area contributed by atoms with Crippen LogP contribution in [0.4, 0.5) is 0 Å². The molecule has 96 valence electrons. The van der Waals surface area contributed by atoms with Gasteiger partial charge in [0.25, 0.3) is 0 Å². The van der Waals surface area contributed by atoms with Gasteiger partial charge in [-0.05, 0) is 24.9 Å². The minimum absolute atomic E-state index is 0.296. The van der Waals surface area contributed by atoms with Crippen molar-refractivity contribution in [2.45, 2.75) is 19.4 Å². The molecule has 3 heteroatoms. The molecule has 0 saturated heterocycles. The van der Waals surface area contributed by atoms with Crippen LogP contribution in [-0.2, 0) is 16.0 Å². The Morgan fingerprint density at radius 1 is 1.33 bits per heavy atom. The van der Waals surface area contributed by atoms with Crippen molar-refractivity contribution in [3.8, 4) is 0 Å².